The molecule has 0 radical (unpaired) electrons. The lowest BCUT2D eigenvalue weighted by atomic mass is 9.98. The van der Waals surface area contributed by atoms with Gasteiger partial charge in [0.15, 0.2) is 0 Å². The summed E-state index contributed by atoms with van der Waals surface area (Å²) in [6.45, 7) is 4.31. The second kappa shape index (κ2) is 4.14. The Bertz CT molecular complexity index is 518. The minimum Gasteiger partial charge on any atom is -0.398 e. The summed E-state index contributed by atoms with van der Waals surface area (Å²) in [7, 11) is 1.00. The standard InChI is InChI=1S/C14H17NSi/c1-9-8-12(11-6-4-3-5-7-11)13(15)14(16)10(9)2/h3-8H,15H2,1-2,16H3. The van der Waals surface area contributed by atoms with E-state index >= 15 is 0 Å². The Kier molecular flexibility index (Phi) is 2.84. The van der Waals surface area contributed by atoms with Crippen LogP contribution in [0.2, 0.25) is 0 Å². The van der Waals surface area contributed by atoms with Crippen molar-refractivity contribution in [3.05, 3.63) is 47.5 Å². The lowest BCUT2D eigenvalue weighted by Gasteiger charge is -2.14. The molecule has 0 aliphatic rings. The molecule has 1 nitrogen and oxygen atoms in total. The Morgan fingerprint density at radius 3 is 2.31 bits per heavy atom. The average molecular weight is 227 g/mol. The van der Waals surface area contributed by atoms with Crippen LogP contribution in [0.25, 0.3) is 11.1 Å². The zero-order chi connectivity index (χ0) is 11.7. The summed E-state index contributed by atoms with van der Waals surface area (Å²) in [5.41, 5.74) is 12.2. The lowest BCUT2D eigenvalue weighted by Crippen LogP contribution is -2.16. The first-order valence-corrected chi connectivity index (χ1v) is 6.53. The summed E-state index contributed by atoms with van der Waals surface area (Å²) in [6.07, 6.45) is 0. The lowest BCUT2D eigenvalue weighted by molar-refractivity contribution is 1.37. The molecule has 0 heterocycles. The van der Waals surface area contributed by atoms with E-state index in [4.69, 9.17) is 5.73 Å². The fourth-order valence-corrected chi connectivity index (χ4v) is 2.62. The largest absolute Gasteiger partial charge is 0.398 e. The van der Waals surface area contributed by atoms with Gasteiger partial charge in [0, 0.05) is 21.5 Å². The first-order chi connectivity index (χ1) is 7.61. The topological polar surface area (TPSA) is 26.0 Å². The van der Waals surface area contributed by atoms with Crippen molar-refractivity contribution in [3.63, 3.8) is 0 Å². The molecule has 0 spiro atoms. The summed E-state index contributed by atoms with van der Waals surface area (Å²) in [4.78, 5) is 0. The van der Waals surface area contributed by atoms with Crippen LogP contribution in [0.3, 0.4) is 0 Å². The molecule has 0 saturated heterocycles. The molecular formula is C14H17NSi. The van der Waals surface area contributed by atoms with Gasteiger partial charge in [-0.15, -0.1) is 0 Å². The quantitative estimate of drug-likeness (QED) is 0.580. The van der Waals surface area contributed by atoms with Crippen LogP contribution < -0.4 is 10.9 Å². The third-order valence-electron chi connectivity index (χ3n) is 3.29. The number of benzene rings is 2. The molecule has 0 saturated carbocycles. The van der Waals surface area contributed by atoms with Gasteiger partial charge in [-0.05, 0) is 41.8 Å². The predicted octanol–water partition coefficient (Wildman–Crippen LogP) is 1.54. The Labute approximate surface area is 99.7 Å². The monoisotopic (exact) mass is 227 g/mol. The molecule has 0 fully saturated rings. The molecular weight excluding hydrogens is 210 g/mol. The van der Waals surface area contributed by atoms with Crippen LogP contribution in [0, 0.1) is 13.8 Å². The second-order valence-electron chi connectivity index (χ2n) is 4.27. The van der Waals surface area contributed by atoms with Gasteiger partial charge in [-0.1, -0.05) is 30.3 Å². The van der Waals surface area contributed by atoms with Gasteiger partial charge in [0.25, 0.3) is 0 Å². The van der Waals surface area contributed by atoms with E-state index in [2.05, 4.69) is 44.2 Å². The van der Waals surface area contributed by atoms with Gasteiger partial charge in [-0.2, -0.15) is 0 Å². The van der Waals surface area contributed by atoms with Crippen molar-refractivity contribution in [2.24, 2.45) is 0 Å². The maximum Gasteiger partial charge on any atom is 0.0415 e. The Hall–Kier alpha value is -1.54. The van der Waals surface area contributed by atoms with E-state index in [1.165, 1.54) is 27.4 Å². The first kappa shape index (κ1) is 11.0. The van der Waals surface area contributed by atoms with Crippen molar-refractivity contribution < 1.29 is 0 Å². The Balaban J connectivity index is 2.68. The highest BCUT2D eigenvalue weighted by molar-refractivity contribution is 6.37. The summed E-state index contributed by atoms with van der Waals surface area (Å²) < 4.78 is 0. The van der Waals surface area contributed by atoms with Crippen LogP contribution >= 0.6 is 0 Å². The van der Waals surface area contributed by atoms with Crippen LogP contribution in [0.4, 0.5) is 5.69 Å². The van der Waals surface area contributed by atoms with E-state index in [-0.39, 0.29) is 0 Å². The van der Waals surface area contributed by atoms with E-state index in [0.29, 0.717) is 0 Å². The van der Waals surface area contributed by atoms with E-state index in [1.54, 1.807) is 0 Å². The van der Waals surface area contributed by atoms with Crippen molar-refractivity contribution in [3.8, 4) is 11.1 Å². The fraction of sp³-hybridized carbons (Fsp3) is 0.143. The minimum atomic E-state index is 0.959. The molecule has 2 aromatic rings. The normalized spacial score (nSPS) is 10.6. The van der Waals surface area contributed by atoms with Gasteiger partial charge in [0.2, 0.25) is 0 Å². The molecule has 0 unspecified atom stereocenters. The Morgan fingerprint density at radius 1 is 1.06 bits per heavy atom. The molecule has 0 aliphatic carbocycles. The van der Waals surface area contributed by atoms with Crippen molar-refractivity contribution >= 4 is 21.1 Å². The van der Waals surface area contributed by atoms with E-state index < -0.39 is 0 Å². The molecule has 0 aromatic heterocycles. The highest BCUT2D eigenvalue weighted by Crippen LogP contribution is 2.26. The van der Waals surface area contributed by atoms with E-state index in [0.717, 1.165) is 15.9 Å². The molecule has 0 aliphatic heterocycles. The van der Waals surface area contributed by atoms with Crippen molar-refractivity contribution in [1.82, 2.24) is 0 Å². The molecule has 0 bridgehead atoms. The molecule has 82 valence electrons. The maximum absolute atomic E-state index is 6.22. The SMILES string of the molecule is Cc1cc(-c2ccccc2)c(N)c([SiH3])c1C. The first-order valence-electron chi connectivity index (χ1n) is 5.53. The third kappa shape index (κ3) is 1.76. The average Bonchev–Trinajstić information content (AvgIpc) is 2.32. The molecule has 16 heavy (non-hydrogen) atoms. The van der Waals surface area contributed by atoms with E-state index in [9.17, 15) is 0 Å². The van der Waals surface area contributed by atoms with E-state index in [1.807, 2.05) is 6.07 Å². The molecule has 2 aromatic carbocycles. The van der Waals surface area contributed by atoms with Crippen molar-refractivity contribution in [1.29, 1.82) is 0 Å². The van der Waals surface area contributed by atoms with Crippen LogP contribution in [0.15, 0.2) is 36.4 Å². The van der Waals surface area contributed by atoms with Crippen LogP contribution in [-0.2, 0) is 0 Å². The summed E-state index contributed by atoms with van der Waals surface area (Å²) in [5, 5.41) is 1.33. The van der Waals surface area contributed by atoms with Crippen molar-refractivity contribution in [2.45, 2.75) is 13.8 Å². The summed E-state index contributed by atoms with van der Waals surface area (Å²) in [5.74, 6) is 0. The highest BCUT2D eigenvalue weighted by atomic mass is 28.1. The maximum atomic E-state index is 6.22. The summed E-state index contributed by atoms with van der Waals surface area (Å²) in [6, 6.07) is 12.6. The van der Waals surface area contributed by atoms with Gasteiger partial charge in [-0.3, -0.25) is 0 Å². The molecule has 2 N–H and O–H groups in total. The molecule has 0 atom stereocenters. The number of nitrogen functional groups attached to an aromatic ring is 1. The van der Waals surface area contributed by atoms with Gasteiger partial charge < -0.3 is 5.73 Å². The summed E-state index contributed by atoms with van der Waals surface area (Å²) >= 11 is 0. The van der Waals surface area contributed by atoms with Gasteiger partial charge >= 0.3 is 0 Å². The number of anilines is 1. The smallest absolute Gasteiger partial charge is 0.0415 e. The number of hydrogen-bond donors (Lipinski definition) is 1. The second-order valence-corrected chi connectivity index (χ2v) is 5.27. The van der Waals surface area contributed by atoms with Gasteiger partial charge in [-0.25, -0.2) is 0 Å². The predicted molar refractivity (Wildman–Crippen MR) is 75.3 cm³/mol. The molecule has 2 rings (SSSR count). The van der Waals surface area contributed by atoms with Gasteiger partial charge in [0.1, 0.15) is 0 Å². The van der Waals surface area contributed by atoms with Crippen LogP contribution in [-0.4, -0.2) is 10.2 Å². The molecule has 0 amide bonds. The van der Waals surface area contributed by atoms with Gasteiger partial charge in [0.05, 0.1) is 0 Å². The number of rotatable bonds is 1. The minimum absolute atomic E-state index is 0.959. The fourth-order valence-electron chi connectivity index (χ4n) is 1.96. The van der Waals surface area contributed by atoms with Crippen LogP contribution in [0.5, 0.6) is 0 Å². The van der Waals surface area contributed by atoms with Crippen LogP contribution in [0.1, 0.15) is 11.1 Å². The zero-order valence-corrected chi connectivity index (χ0v) is 12.0. The number of aryl methyl sites for hydroxylation is 1. The Morgan fingerprint density at radius 2 is 1.69 bits per heavy atom. The highest BCUT2D eigenvalue weighted by Gasteiger charge is 2.08. The number of nitrogens with two attached hydrogens (primary N) is 1. The number of hydrogen-bond acceptors (Lipinski definition) is 1. The molecule has 2 heteroatoms. The zero-order valence-electron chi connectivity index (χ0n) is 10.0. The van der Waals surface area contributed by atoms with Crippen molar-refractivity contribution in [2.75, 3.05) is 5.73 Å². The third-order valence-corrected chi connectivity index (χ3v) is 4.58.